The number of amides is 2. The van der Waals surface area contributed by atoms with Gasteiger partial charge in [-0.05, 0) is 42.8 Å². The second kappa shape index (κ2) is 9.32. The molecule has 1 atom stereocenters. The highest BCUT2D eigenvalue weighted by Gasteiger charge is 2.17. The summed E-state index contributed by atoms with van der Waals surface area (Å²) in [7, 11) is 1.93. The van der Waals surface area contributed by atoms with Crippen molar-refractivity contribution in [2.45, 2.75) is 36.5 Å². The molecular formula is C20H24N4O2S. The van der Waals surface area contributed by atoms with E-state index in [1.165, 1.54) is 0 Å². The Hall–Kier alpha value is -2.67. The average Bonchev–Trinajstić information content (AvgIpc) is 3.32. The SMILES string of the molecule is CCCC(NC(=O)Nc1ccc(SCc2ccco2)cc1)c1nccn1C. The minimum absolute atomic E-state index is 0.113. The summed E-state index contributed by atoms with van der Waals surface area (Å²) < 4.78 is 7.27. The third-order valence-electron chi connectivity index (χ3n) is 4.13. The van der Waals surface area contributed by atoms with Crippen LogP contribution in [-0.2, 0) is 12.8 Å². The summed E-state index contributed by atoms with van der Waals surface area (Å²) in [5.74, 6) is 2.58. The number of nitrogens with zero attached hydrogens (tertiary/aromatic N) is 2. The lowest BCUT2D eigenvalue weighted by Gasteiger charge is -2.18. The van der Waals surface area contributed by atoms with E-state index < -0.39 is 0 Å². The van der Waals surface area contributed by atoms with E-state index in [0.717, 1.165) is 40.8 Å². The number of rotatable bonds is 8. The smallest absolute Gasteiger partial charge is 0.319 e. The number of nitrogens with one attached hydrogen (secondary N) is 2. The van der Waals surface area contributed by atoms with Gasteiger partial charge in [-0.1, -0.05) is 13.3 Å². The number of imidazole rings is 1. The Kier molecular flexibility index (Phi) is 6.59. The molecular weight excluding hydrogens is 360 g/mol. The fourth-order valence-electron chi connectivity index (χ4n) is 2.78. The van der Waals surface area contributed by atoms with Crippen LogP contribution in [0.25, 0.3) is 0 Å². The molecule has 2 N–H and O–H groups in total. The van der Waals surface area contributed by atoms with Gasteiger partial charge in [0.15, 0.2) is 0 Å². The van der Waals surface area contributed by atoms with Crippen LogP contribution in [-0.4, -0.2) is 15.6 Å². The minimum Gasteiger partial charge on any atom is -0.468 e. The summed E-state index contributed by atoms with van der Waals surface area (Å²) in [4.78, 5) is 17.9. The van der Waals surface area contributed by atoms with Gasteiger partial charge in [-0.25, -0.2) is 9.78 Å². The second-order valence-electron chi connectivity index (χ2n) is 6.23. The van der Waals surface area contributed by atoms with Gasteiger partial charge in [0.2, 0.25) is 0 Å². The van der Waals surface area contributed by atoms with E-state index in [0.29, 0.717) is 0 Å². The predicted octanol–water partition coefficient (Wildman–Crippen LogP) is 4.97. The van der Waals surface area contributed by atoms with E-state index in [4.69, 9.17) is 4.42 Å². The van der Waals surface area contributed by atoms with Gasteiger partial charge in [0.1, 0.15) is 11.6 Å². The molecule has 0 radical (unpaired) electrons. The van der Waals surface area contributed by atoms with Gasteiger partial charge in [-0.3, -0.25) is 0 Å². The zero-order valence-corrected chi connectivity index (χ0v) is 16.3. The summed E-state index contributed by atoms with van der Waals surface area (Å²) in [6.45, 7) is 2.09. The Bertz CT molecular complexity index is 843. The maximum atomic E-state index is 12.4. The lowest BCUT2D eigenvalue weighted by atomic mass is 10.1. The largest absolute Gasteiger partial charge is 0.468 e. The van der Waals surface area contributed by atoms with E-state index in [-0.39, 0.29) is 12.1 Å². The molecule has 0 spiro atoms. The van der Waals surface area contributed by atoms with Gasteiger partial charge in [0.25, 0.3) is 0 Å². The molecule has 3 aromatic rings. The number of aromatic nitrogens is 2. The predicted molar refractivity (Wildman–Crippen MR) is 108 cm³/mol. The lowest BCUT2D eigenvalue weighted by molar-refractivity contribution is 0.247. The van der Waals surface area contributed by atoms with Crippen molar-refractivity contribution in [2.24, 2.45) is 7.05 Å². The monoisotopic (exact) mass is 384 g/mol. The number of hydrogen-bond acceptors (Lipinski definition) is 4. The summed E-state index contributed by atoms with van der Waals surface area (Å²) in [5, 5.41) is 5.91. The van der Waals surface area contributed by atoms with Crippen molar-refractivity contribution in [1.29, 1.82) is 0 Å². The van der Waals surface area contributed by atoms with Crippen LogP contribution >= 0.6 is 11.8 Å². The van der Waals surface area contributed by atoms with Crippen LogP contribution in [0.3, 0.4) is 0 Å². The summed E-state index contributed by atoms with van der Waals surface area (Å²) in [5.41, 5.74) is 0.755. The van der Waals surface area contributed by atoms with Crippen LogP contribution in [0.15, 0.2) is 64.4 Å². The third kappa shape index (κ3) is 5.40. The molecule has 0 fully saturated rings. The highest BCUT2D eigenvalue weighted by molar-refractivity contribution is 7.98. The maximum Gasteiger partial charge on any atom is 0.319 e. The van der Waals surface area contributed by atoms with Crippen molar-refractivity contribution in [1.82, 2.24) is 14.9 Å². The van der Waals surface area contributed by atoms with Crippen molar-refractivity contribution >= 4 is 23.5 Å². The molecule has 2 amide bonds. The van der Waals surface area contributed by atoms with Crippen LogP contribution < -0.4 is 10.6 Å². The number of anilines is 1. The molecule has 2 heterocycles. The normalized spacial score (nSPS) is 11.9. The van der Waals surface area contributed by atoms with Crippen LogP contribution in [0.5, 0.6) is 0 Å². The van der Waals surface area contributed by atoms with E-state index >= 15 is 0 Å². The van der Waals surface area contributed by atoms with E-state index in [2.05, 4.69) is 22.5 Å². The molecule has 0 aliphatic heterocycles. The summed E-state index contributed by atoms with van der Waals surface area (Å²) >= 11 is 1.69. The minimum atomic E-state index is -0.229. The molecule has 0 aliphatic rings. The van der Waals surface area contributed by atoms with Crippen LogP contribution in [0, 0.1) is 0 Å². The molecule has 1 aromatic carbocycles. The van der Waals surface area contributed by atoms with E-state index in [1.54, 1.807) is 24.2 Å². The number of urea groups is 1. The molecule has 0 aliphatic carbocycles. The molecule has 142 valence electrons. The first kappa shape index (κ1) is 19.1. The Morgan fingerprint density at radius 2 is 2.11 bits per heavy atom. The van der Waals surface area contributed by atoms with E-state index in [1.807, 2.05) is 54.2 Å². The summed E-state index contributed by atoms with van der Waals surface area (Å²) in [6.07, 6.45) is 7.10. The third-order valence-corrected chi connectivity index (χ3v) is 5.16. The maximum absolute atomic E-state index is 12.4. The van der Waals surface area contributed by atoms with Gasteiger partial charge >= 0.3 is 6.03 Å². The van der Waals surface area contributed by atoms with Crippen LogP contribution in [0.2, 0.25) is 0 Å². The highest BCUT2D eigenvalue weighted by Crippen LogP contribution is 2.24. The number of thioether (sulfide) groups is 1. The first-order valence-corrected chi connectivity index (χ1v) is 9.94. The zero-order chi connectivity index (χ0) is 19.1. The number of carbonyl (C=O) groups excluding carboxylic acids is 1. The molecule has 0 saturated heterocycles. The summed E-state index contributed by atoms with van der Waals surface area (Å²) in [6, 6.07) is 11.3. The Balaban J connectivity index is 1.54. The van der Waals surface area contributed by atoms with Gasteiger partial charge < -0.3 is 19.6 Å². The zero-order valence-electron chi connectivity index (χ0n) is 15.5. The van der Waals surface area contributed by atoms with Crippen LogP contribution in [0.4, 0.5) is 10.5 Å². The molecule has 1 unspecified atom stereocenters. The van der Waals surface area contributed by atoms with Crippen molar-refractivity contribution in [3.63, 3.8) is 0 Å². The van der Waals surface area contributed by atoms with Crippen molar-refractivity contribution in [3.8, 4) is 0 Å². The molecule has 0 saturated carbocycles. The second-order valence-corrected chi connectivity index (χ2v) is 7.28. The number of carbonyl (C=O) groups is 1. The number of furan rings is 1. The Labute approximate surface area is 163 Å². The van der Waals surface area contributed by atoms with Gasteiger partial charge in [0.05, 0.1) is 18.1 Å². The molecule has 0 bridgehead atoms. The topological polar surface area (TPSA) is 72.1 Å². The van der Waals surface area contributed by atoms with Crippen molar-refractivity contribution in [3.05, 3.63) is 66.6 Å². The molecule has 2 aromatic heterocycles. The fourth-order valence-corrected chi connectivity index (χ4v) is 3.58. The quantitative estimate of drug-likeness (QED) is 0.538. The number of hydrogen-bond donors (Lipinski definition) is 2. The van der Waals surface area contributed by atoms with Crippen molar-refractivity contribution < 1.29 is 9.21 Å². The molecule has 6 nitrogen and oxygen atoms in total. The van der Waals surface area contributed by atoms with Crippen molar-refractivity contribution in [2.75, 3.05) is 5.32 Å². The van der Waals surface area contributed by atoms with Gasteiger partial charge in [-0.2, -0.15) is 0 Å². The van der Waals surface area contributed by atoms with Gasteiger partial charge in [-0.15, -0.1) is 11.8 Å². The number of benzene rings is 1. The Morgan fingerprint density at radius 1 is 1.30 bits per heavy atom. The fraction of sp³-hybridized carbons (Fsp3) is 0.300. The lowest BCUT2D eigenvalue weighted by Crippen LogP contribution is -2.33. The standard InChI is InChI=1S/C20H24N4O2S/c1-3-5-18(19-21-11-12-24(19)2)23-20(25)22-15-7-9-17(10-8-15)27-14-16-6-4-13-26-16/h4,6-13,18H,3,5,14H2,1-2H3,(H2,22,23,25). The van der Waals surface area contributed by atoms with E-state index in [9.17, 15) is 4.79 Å². The van der Waals surface area contributed by atoms with Crippen LogP contribution in [0.1, 0.15) is 37.4 Å². The Morgan fingerprint density at radius 3 is 2.74 bits per heavy atom. The van der Waals surface area contributed by atoms with Gasteiger partial charge in [0, 0.05) is 30.0 Å². The molecule has 3 rings (SSSR count). The number of aryl methyl sites for hydroxylation is 1. The average molecular weight is 385 g/mol. The molecule has 7 heteroatoms. The highest BCUT2D eigenvalue weighted by atomic mass is 32.2. The first-order chi connectivity index (χ1) is 13.2. The molecule has 27 heavy (non-hydrogen) atoms. The first-order valence-electron chi connectivity index (χ1n) is 8.95.